The van der Waals surface area contributed by atoms with Crippen LogP contribution in [0.15, 0.2) is 42.5 Å². The van der Waals surface area contributed by atoms with Crippen LogP contribution in [0.5, 0.6) is 0 Å². The van der Waals surface area contributed by atoms with Gasteiger partial charge in [0.05, 0.1) is 0 Å². The van der Waals surface area contributed by atoms with Gasteiger partial charge in [-0.2, -0.15) is 0 Å². The highest BCUT2D eigenvalue weighted by atomic mass is 32.1. The summed E-state index contributed by atoms with van der Waals surface area (Å²) in [6.07, 6.45) is 2.31. The summed E-state index contributed by atoms with van der Waals surface area (Å²) >= 11 is 1.93. The lowest BCUT2D eigenvalue weighted by molar-refractivity contribution is 0.334. The second-order valence-electron chi connectivity index (χ2n) is 5.52. The summed E-state index contributed by atoms with van der Waals surface area (Å²) in [5, 5.41) is 3.46. The van der Waals surface area contributed by atoms with Crippen molar-refractivity contribution in [3.05, 3.63) is 57.8 Å². The molecule has 0 saturated carbocycles. The molecule has 0 atom stereocenters. The van der Waals surface area contributed by atoms with Crippen molar-refractivity contribution in [2.75, 3.05) is 20.1 Å². The first kappa shape index (κ1) is 16.2. The summed E-state index contributed by atoms with van der Waals surface area (Å²) in [5.41, 5.74) is 1.42. The van der Waals surface area contributed by atoms with Crippen molar-refractivity contribution in [2.45, 2.75) is 32.9 Å². The lowest BCUT2D eigenvalue weighted by Gasteiger charge is -2.15. The van der Waals surface area contributed by atoms with Crippen LogP contribution >= 0.6 is 11.3 Å². The van der Waals surface area contributed by atoms with Gasteiger partial charge in [-0.05, 0) is 44.1 Å². The molecule has 2 rings (SSSR count). The van der Waals surface area contributed by atoms with Crippen LogP contribution in [0.1, 0.15) is 28.7 Å². The zero-order chi connectivity index (χ0) is 14.9. The quantitative estimate of drug-likeness (QED) is 0.706. The van der Waals surface area contributed by atoms with Gasteiger partial charge in [0, 0.05) is 29.4 Å². The fourth-order valence-electron chi connectivity index (χ4n) is 2.30. The predicted molar refractivity (Wildman–Crippen MR) is 92.8 cm³/mol. The molecule has 3 heteroatoms. The molecule has 0 fully saturated rings. The maximum Gasteiger partial charge on any atom is 0.0325 e. The van der Waals surface area contributed by atoms with Crippen molar-refractivity contribution in [1.82, 2.24) is 10.2 Å². The maximum absolute atomic E-state index is 3.46. The maximum atomic E-state index is 3.46. The van der Waals surface area contributed by atoms with Crippen molar-refractivity contribution < 1.29 is 0 Å². The molecule has 114 valence electrons. The topological polar surface area (TPSA) is 15.3 Å². The minimum absolute atomic E-state index is 1.01. The number of thiophene rings is 1. The molecule has 2 aromatic rings. The standard InChI is InChI=1S/C18H26N2S/c1-3-12-19-14-17-9-10-18(21-17)15-20(2)13-11-16-7-5-4-6-8-16/h4-10,19H,3,11-15H2,1-2H3. The van der Waals surface area contributed by atoms with Gasteiger partial charge in [0.2, 0.25) is 0 Å². The Balaban J connectivity index is 1.73. The Kier molecular flexibility index (Phi) is 6.93. The number of benzene rings is 1. The zero-order valence-electron chi connectivity index (χ0n) is 13.1. The Morgan fingerprint density at radius 3 is 2.57 bits per heavy atom. The summed E-state index contributed by atoms with van der Waals surface area (Å²) in [5.74, 6) is 0. The number of rotatable bonds is 9. The predicted octanol–water partition coefficient (Wildman–Crippen LogP) is 3.92. The first-order valence-electron chi connectivity index (χ1n) is 7.78. The number of hydrogen-bond donors (Lipinski definition) is 1. The molecule has 2 nitrogen and oxygen atoms in total. The minimum Gasteiger partial charge on any atom is -0.312 e. The van der Waals surface area contributed by atoms with Gasteiger partial charge < -0.3 is 10.2 Å². The van der Waals surface area contributed by atoms with E-state index in [4.69, 9.17) is 0 Å². The lowest BCUT2D eigenvalue weighted by atomic mass is 10.1. The fraction of sp³-hybridized carbons (Fsp3) is 0.444. The van der Waals surface area contributed by atoms with E-state index in [1.54, 1.807) is 0 Å². The van der Waals surface area contributed by atoms with Crippen molar-refractivity contribution in [3.8, 4) is 0 Å². The molecule has 0 aliphatic carbocycles. The van der Waals surface area contributed by atoms with Gasteiger partial charge in [0.15, 0.2) is 0 Å². The highest BCUT2D eigenvalue weighted by Gasteiger charge is 2.04. The second-order valence-corrected chi connectivity index (χ2v) is 6.77. The first-order chi connectivity index (χ1) is 10.3. The van der Waals surface area contributed by atoms with E-state index in [0.717, 1.165) is 32.6 Å². The summed E-state index contributed by atoms with van der Waals surface area (Å²) in [7, 11) is 2.21. The van der Waals surface area contributed by atoms with Crippen LogP contribution in [0.4, 0.5) is 0 Å². The molecule has 1 heterocycles. The molecule has 0 unspecified atom stereocenters. The molecule has 0 saturated heterocycles. The molecule has 1 N–H and O–H groups in total. The molecule has 0 aliphatic rings. The third-order valence-corrected chi connectivity index (χ3v) is 4.56. The van der Waals surface area contributed by atoms with E-state index in [9.17, 15) is 0 Å². The Hall–Kier alpha value is -1.16. The van der Waals surface area contributed by atoms with Crippen LogP contribution in [0.25, 0.3) is 0 Å². The van der Waals surface area contributed by atoms with E-state index in [2.05, 4.69) is 66.7 Å². The number of nitrogens with zero attached hydrogens (tertiary/aromatic N) is 1. The first-order valence-corrected chi connectivity index (χ1v) is 8.60. The van der Waals surface area contributed by atoms with Gasteiger partial charge in [-0.15, -0.1) is 11.3 Å². The van der Waals surface area contributed by atoms with Crippen molar-refractivity contribution >= 4 is 11.3 Å². The Morgan fingerprint density at radius 2 is 1.81 bits per heavy atom. The van der Waals surface area contributed by atoms with Gasteiger partial charge >= 0.3 is 0 Å². The van der Waals surface area contributed by atoms with Crippen LogP contribution in [0, 0.1) is 0 Å². The molecule has 0 aliphatic heterocycles. The largest absolute Gasteiger partial charge is 0.312 e. The van der Waals surface area contributed by atoms with Crippen LogP contribution in [-0.4, -0.2) is 25.0 Å². The minimum atomic E-state index is 1.01. The Bertz CT molecular complexity index is 507. The van der Waals surface area contributed by atoms with Gasteiger partial charge in [0.1, 0.15) is 0 Å². The average Bonchev–Trinajstić information content (AvgIpc) is 2.94. The highest BCUT2D eigenvalue weighted by molar-refractivity contribution is 7.11. The summed E-state index contributed by atoms with van der Waals surface area (Å²) in [4.78, 5) is 5.30. The molecular formula is C18H26N2S. The van der Waals surface area contributed by atoms with Crippen molar-refractivity contribution in [2.24, 2.45) is 0 Å². The van der Waals surface area contributed by atoms with Crippen molar-refractivity contribution in [3.63, 3.8) is 0 Å². The van der Waals surface area contributed by atoms with E-state index in [0.29, 0.717) is 0 Å². The average molecular weight is 302 g/mol. The molecular weight excluding hydrogens is 276 g/mol. The SMILES string of the molecule is CCCNCc1ccc(CN(C)CCc2ccccc2)s1. The van der Waals surface area contributed by atoms with Crippen LogP contribution in [0.3, 0.4) is 0 Å². The molecule has 0 bridgehead atoms. The van der Waals surface area contributed by atoms with Gasteiger partial charge in [-0.3, -0.25) is 0 Å². The fourth-order valence-corrected chi connectivity index (χ4v) is 3.37. The third-order valence-electron chi connectivity index (χ3n) is 3.49. The monoisotopic (exact) mass is 302 g/mol. The zero-order valence-corrected chi connectivity index (χ0v) is 14.0. The van der Waals surface area contributed by atoms with E-state index in [1.165, 1.54) is 21.7 Å². The van der Waals surface area contributed by atoms with E-state index in [1.807, 2.05) is 11.3 Å². The van der Waals surface area contributed by atoms with E-state index in [-0.39, 0.29) is 0 Å². The molecule has 1 aromatic carbocycles. The summed E-state index contributed by atoms with van der Waals surface area (Å²) in [6.45, 7) is 6.46. The van der Waals surface area contributed by atoms with E-state index >= 15 is 0 Å². The molecule has 21 heavy (non-hydrogen) atoms. The molecule has 1 aromatic heterocycles. The van der Waals surface area contributed by atoms with Gasteiger partial charge in [0.25, 0.3) is 0 Å². The van der Waals surface area contributed by atoms with E-state index < -0.39 is 0 Å². The van der Waals surface area contributed by atoms with Gasteiger partial charge in [-0.25, -0.2) is 0 Å². The summed E-state index contributed by atoms with van der Waals surface area (Å²) in [6, 6.07) is 15.2. The van der Waals surface area contributed by atoms with Crippen LogP contribution in [-0.2, 0) is 19.5 Å². The Morgan fingerprint density at radius 1 is 1.05 bits per heavy atom. The number of hydrogen-bond acceptors (Lipinski definition) is 3. The number of nitrogens with one attached hydrogen (secondary N) is 1. The van der Waals surface area contributed by atoms with Crippen LogP contribution < -0.4 is 5.32 Å². The molecule has 0 radical (unpaired) electrons. The van der Waals surface area contributed by atoms with Crippen LogP contribution in [0.2, 0.25) is 0 Å². The second kappa shape index (κ2) is 8.98. The normalized spacial score (nSPS) is 11.2. The highest BCUT2D eigenvalue weighted by Crippen LogP contribution is 2.18. The Labute approximate surface area is 132 Å². The molecule has 0 spiro atoms. The smallest absolute Gasteiger partial charge is 0.0325 e. The summed E-state index contributed by atoms with van der Waals surface area (Å²) < 4.78 is 0. The third kappa shape index (κ3) is 6.00. The van der Waals surface area contributed by atoms with Gasteiger partial charge in [-0.1, -0.05) is 37.3 Å². The molecule has 0 amide bonds. The van der Waals surface area contributed by atoms with Crippen molar-refractivity contribution in [1.29, 1.82) is 0 Å². The lowest BCUT2D eigenvalue weighted by Crippen LogP contribution is -2.20. The number of likely N-dealkylation sites (N-methyl/N-ethyl adjacent to an activating group) is 1.